The van der Waals surface area contributed by atoms with E-state index in [1.807, 2.05) is 19.2 Å². The fraction of sp³-hybridized carbons (Fsp3) is 0.450. The van der Waals surface area contributed by atoms with Crippen molar-refractivity contribution in [3.05, 3.63) is 46.3 Å². The molecule has 1 aromatic heterocycles. The van der Waals surface area contributed by atoms with Crippen molar-refractivity contribution in [1.82, 2.24) is 10.3 Å². The number of aromatic nitrogens is 1. The van der Waals surface area contributed by atoms with E-state index in [4.69, 9.17) is 16.3 Å². The summed E-state index contributed by atoms with van der Waals surface area (Å²) in [7, 11) is -3.72. The molecule has 0 fully saturated rings. The van der Waals surface area contributed by atoms with Crippen LogP contribution in [0.5, 0.6) is 0 Å². The lowest BCUT2D eigenvalue weighted by atomic mass is 10.1. The van der Waals surface area contributed by atoms with Crippen LogP contribution < -0.4 is 5.32 Å². The van der Waals surface area contributed by atoms with Crippen molar-refractivity contribution >= 4 is 33.9 Å². The van der Waals surface area contributed by atoms with E-state index in [-0.39, 0.29) is 27.0 Å². The predicted octanol–water partition coefficient (Wildman–Crippen LogP) is 2.30. The molecule has 0 aromatic carbocycles. The van der Waals surface area contributed by atoms with E-state index in [0.29, 0.717) is 25.3 Å². The number of aliphatic hydroxyl groups excluding tert-OH is 1. The molecule has 2 aliphatic heterocycles. The van der Waals surface area contributed by atoms with Crippen molar-refractivity contribution in [3.8, 4) is 0 Å². The van der Waals surface area contributed by atoms with E-state index in [1.54, 1.807) is 6.08 Å². The lowest BCUT2D eigenvalue weighted by molar-refractivity contribution is 0.0489. The van der Waals surface area contributed by atoms with Crippen LogP contribution in [0.1, 0.15) is 26.2 Å². The number of nitrogens with one attached hydrogen (secondary N) is 1. The van der Waals surface area contributed by atoms with E-state index in [0.717, 1.165) is 12.8 Å². The molecule has 0 amide bonds. The second kappa shape index (κ2) is 10.3. The van der Waals surface area contributed by atoms with Gasteiger partial charge >= 0.3 is 0 Å². The topological polar surface area (TPSA) is 113 Å². The van der Waals surface area contributed by atoms with Gasteiger partial charge in [0.2, 0.25) is 9.84 Å². The summed E-state index contributed by atoms with van der Waals surface area (Å²) < 4.78 is 31.2. The zero-order chi connectivity index (χ0) is 21.6. The Labute approximate surface area is 181 Å². The third-order valence-corrected chi connectivity index (χ3v) is 6.53. The van der Waals surface area contributed by atoms with Gasteiger partial charge in [-0.25, -0.2) is 8.42 Å². The molecular formula is C20H25ClN4O4S. The molecule has 0 saturated carbocycles. The molecule has 0 bridgehead atoms. The van der Waals surface area contributed by atoms with Crippen molar-refractivity contribution in [2.75, 3.05) is 13.1 Å². The highest BCUT2D eigenvalue weighted by Gasteiger charge is 2.24. The minimum Gasteiger partial charge on any atom is -0.489 e. The van der Waals surface area contributed by atoms with Crippen LogP contribution in [0.4, 0.5) is 0 Å². The fourth-order valence-corrected chi connectivity index (χ4v) is 4.50. The molecule has 0 radical (unpaired) electrons. The monoisotopic (exact) mass is 452 g/mol. The van der Waals surface area contributed by atoms with E-state index in [2.05, 4.69) is 20.3 Å². The summed E-state index contributed by atoms with van der Waals surface area (Å²) in [5, 5.41) is 13.7. The number of rotatable bonds is 6. The molecule has 162 valence electrons. The van der Waals surface area contributed by atoms with E-state index in [9.17, 15) is 13.5 Å². The molecule has 3 atom stereocenters. The summed E-state index contributed by atoms with van der Waals surface area (Å²) in [5.41, 5.74) is 0. The number of aliphatic imine (C=N–C) groups is 2. The Morgan fingerprint density at radius 1 is 1.33 bits per heavy atom. The van der Waals surface area contributed by atoms with Crippen LogP contribution >= 0.6 is 11.6 Å². The van der Waals surface area contributed by atoms with Crippen molar-refractivity contribution in [2.45, 2.75) is 49.5 Å². The van der Waals surface area contributed by atoms with Crippen molar-refractivity contribution in [2.24, 2.45) is 9.98 Å². The van der Waals surface area contributed by atoms with Crippen LogP contribution in [0.2, 0.25) is 5.02 Å². The predicted molar refractivity (Wildman–Crippen MR) is 117 cm³/mol. The van der Waals surface area contributed by atoms with Gasteiger partial charge in [-0.3, -0.25) is 20.3 Å². The number of pyridine rings is 1. The number of aliphatic hydroxyl groups is 1. The Balaban J connectivity index is 1.56. The molecule has 3 rings (SSSR count). The Hall–Kier alpha value is -2.07. The van der Waals surface area contributed by atoms with Crippen LogP contribution in [-0.4, -0.2) is 62.4 Å². The molecule has 0 spiro atoms. The van der Waals surface area contributed by atoms with Gasteiger partial charge in [-0.1, -0.05) is 17.7 Å². The van der Waals surface area contributed by atoms with Gasteiger partial charge in [-0.2, -0.15) is 0 Å². The second-order valence-electron chi connectivity index (χ2n) is 7.09. The highest BCUT2D eigenvalue weighted by molar-refractivity contribution is 7.96. The maximum Gasteiger partial charge on any atom is 0.209 e. The third-order valence-electron chi connectivity index (χ3n) is 4.59. The molecule has 1 aromatic rings. The SMILES string of the molecule is CC1CN=CCCC=C(C(O)NCC2CC=C(S(=O)(=O)c3cncc(Cl)c3)C=N2)O1. The van der Waals surface area contributed by atoms with Gasteiger partial charge in [0.15, 0.2) is 6.23 Å². The van der Waals surface area contributed by atoms with Crippen LogP contribution in [-0.2, 0) is 14.6 Å². The number of dihydropyridines is 1. The molecule has 2 aliphatic rings. The minimum absolute atomic E-state index is 0.0297. The number of hydrogen-bond acceptors (Lipinski definition) is 8. The summed E-state index contributed by atoms with van der Waals surface area (Å²) in [6.45, 7) is 2.81. The first kappa shape index (κ1) is 22.6. The molecule has 3 unspecified atom stereocenters. The van der Waals surface area contributed by atoms with Crippen molar-refractivity contribution in [3.63, 3.8) is 0 Å². The van der Waals surface area contributed by atoms with Crippen LogP contribution in [0, 0.1) is 0 Å². The zero-order valence-electron chi connectivity index (χ0n) is 16.6. The Morgan fingerprint density at radius 2 is 2.17 bits per heavy atom. The number of halogens is 1. The second-order valence-corrected chi connectivity index (χ2v) is 9.47. The van der Waals surface area contributed by atoms with Crippen molar-refractivity contribution < 1.29 is 18.3 Å². The van der Waals surface area contributed by atoms with Gasteiger partial charge in [0.1, 0.15) is 11.9 Å². The largest absolute Gasteiger partial charge is 0.489 e. The maximum absolute atomic E-state index is 12.7. The highest BCUT2D eigenvalue weighted by Crippen LogP contribution is 2.23. The highest BCUT2D eigenvalue weighted by atomic mass is 35.5. The molecule has 10 heteroatoms. The smallest absolute Gasteiger partial charge is 0.209 e. The molecule has 30 heavy (non-hydrogen) atoms. The summed E-state index contributed by atoms with van der Waals surface area (Å²) >= 11 is 5.85. The molecule has 0 aliphatic carbocycles. The molecule has 2 N–H and O–H groups in total. The van der Waals surface area contributed by atoms with Crippen molar-refractivity contribution in [1.29, 1.82) is 0 Å². The number of sulfone groups is 1. The zero-order valence-corrected chi connectivity index (χ0v) is 18.2. The van der Waals surface area contributed by atoms with Gasteiger partial charge in [-0.15, -0.1) is 0 Å². The van der Waals surface area contributed by atoms with Gasteiger partial charge in [0, 0.05) is 25.2 Å². The first-order chi connectivity index (χ1) is 14.4. The van der Waals surface area contributed by atoms with Gasteiger partial charge in [0.05, 0.1) is 27.4 Å². The quantitative estimate of drug-likeness (QED) is 0.640. The fourth-order valence-electron chi connectivity index (χ4n) is 2.99. The first-order valence-electron chi connectivity index (χ1n) is 9.71. The van der Waals surface area contributed by atoms with Crippen LogP contribution in [0.15, 0.2) is 56.2 Å². The third kappa shape index (κ3) is 5.98. The Bertz CT molecular complexity index is 975. The number of nitrogens with zero attached hydrogens (tertiary/aromatic N) is 3. The molecular weight excluding hydrogens is 428 g/mol. The minimum atomic E-state index is -3.72. The standard InChI is InChI=1S/C20H25ClN4O4S/c1-14-9-22-7-3-2-4-19(29-14)20(26)25-11-16-5-6-17(13-24-16)30(27,28)18-8-15(21)10-23-12-18/h4,6-8,10,12-14,16,20,25-26H,2-3,5,9,11H2,1H3. The van der Waals surface area contributed by atoms with E-state index < -0.39 is 16.1 Å². The molecule has 8 nitrogen and oxygen atoms in total. The average molecular weight is 453 g/mol. The maximum atomic E-state index is 12.7. The van der Waals surface area contributed by atoms with Gasteiger partial charge in [-0.05, 0) is 44.5 Å². The van der Waals surface area contributed by atoms with E-state index in [1.165, 1.54) is 24.7 Å². The average Bonchev–Trinajstić information content (AvgIpc) is 2.84. The lowest BCUT2D eigenvalue weighted by Gasteiger charge is -2.23. The summed E-state index contributed by atoms with van der Waals surface area (Å²) in [5.74, 6) is 0.472. The normalized spacial score (nSPS) is 23.4. The Morgan fingerprint density at radius 3 is 2.90 bits per heavy atom. The van der Waals surface area contributed by atoms with Crippen LogP contribution in [0.3, 0.4) is 0 Å². The van der Waals surface area contributed by atoms with Gasteiger partial charge < -0.3 is 9.84 Å². The van der Waals surface area contributed by atoms with Gasteiger partial charge in [0.25, 0.3) is 0 Å². The summed E-state index contributed by atoms with van der Waals surface area (Å²) in [4.78, 5) is 12.6. The Kier molecular flexibility index (Phi) is 7.76. The lowest BCUT2D eigenvalue weighted by Crippen LogP contribution is -2.38. The summed E-state index contributed by atoms with van der Waals surface area (Å²) in [6, 6.07) is 1.16. The van der Waals surface area contributed by atoms with Crippen LogP contribution in [0.25, 0.3) is 0 Å². The number of allylic oxidation sites excluding steroid dienone is 2. The first-order valence-corrected chi connectivity index (χ1v) is 11.6. The van der Waals surface area contributed by atoms with E-state index >= 15 is 0 Å². The number of hydrogen-bond donors (Lipinski definition) is 2. The summed E-state index contributed by atoms with van der Waals surface area (Å²) in [6.07, 6.45) is 10.2. The molecule has 3 heterocycles. The molecule has 0 saturated heterocycles. The number of ether oxygens (including phenoxy) is 1.